The monoisotopic (exact) mass is 383 g/mol. The van der Waals surface area contributed by atoms with Crippen LogP contribution in [-0.4, -0.2) is 23.2 Å². The minimum absolute atomic E-state index is 0.153. The van der Waals surface area contributed by atoms with Gasteiger partial charge in [0, 0.05) is 24.1 Å². The largest absolute Gasteiger partial charge is 0.497 e. The van der Waals surface area contributed by atoms with Gasteiger partial charge in [-0.1, -0.05) is 17.3 Å². The van der Waals surface area contributed by atoms with Gasteiger partial charge in [0.1, 0.15) is 16.5 Å². The first-order chi connectivity index (χ1) is 13.1. The third kappa shape index (κ3) is 4.68. The van der Waals surface area contributed by atoms with Crippen LogP contribution in [-0.2, 0) is 12.3 Å². The molecule has 0 aliphatic heterocycles. The first-order valence-electron chi connectivity index (χ1n) is 8.49. The average molecular weight is 383 g/mol. The molecule has 0 fully saturated rings. The maximum absolute atomic E-state index is 12.6. The Hall–Kier alpha value is -2.80. The number of hydrogen-bond donors (Lipinski definition) is 1. The summed E-state index contributed by atoms with van der Waals surface area (Å²) in [5.41, 5.74) is 3.46. The van der Waals surface area contributed by atoms with E-state index in [2.05, 4.69) is 15.5 Å². The quantitative estimate of drug-likeness (QED) is 0.623. The molecule has 6 nitrogen and oxygen atoms in total. The van der Waals surface area contributed by atoms with Crippen molar-refractivity contribution in [3.63, 3.8) is 0 Å². The molecule has 0 bridgehead atoms. The molecule has 0 saturated carbocycles. The Labute approximate surface area is 162 Å². The number of aromatic nitrogens is 2. The fourth-order valence-electron chi connectivity index (χ4n) is 2.55. The standard InChI is InChI=1S/C20H21N3O3S/c1-13-18(14(2)26-23-13)12-27-20-17(5-4-10-21-20)19(24)22-11-15-6-8-16(25-3)9-7-15/h4-10H,11-12H2,1-3H3,(H,22,24). The zero-order chi connectivity index (χ0) is 19.2. The van der Waals surface area contributed by atoms with Gasteiger partial charge in [0.25, 0.3) is 5.91 Å². The number of ether oxygens (including phenoxy) is 1. The lowest BCUT2D eigenvalue weighted by Crippen LogP contribution is -2.23. The van der Waals surface area contributed by atoms with Gasteiger partial charge in [0.05, 0.1) is 18.4 Å². The number of amides is 1. The topological polar surface area (TPSA) is 77.2 Å². The van der Waals surface area contributed by atoms with Gasteiger partial charge >= 0.3 is 0 Å². The van der Waals surface area contributed by atoms with Crippen LogP contribution in [0.25, 0.3) is 0 Å². The van der Waals surface area contributed by atoms with Crippen LogP contribution in [0.1, 0.15) is 32.9 Å². The predicted octanol–water partition coefficient (Wildman–Crippen LogP) is 3.92. The number of carbonyl (C=O) groups excluding carboxylic acids is 1. The van der Waals surface area contributed by atoms with Crippen molar-refractivity contribution >= 4 is 17.7 Å². The van der Waals surface area contributed by atoms with Crippen LogP contribution in [0, 0.1) is 13.8 Å². The molecule has 1 N–H and O–H groups in total. The van der Waals surface area contributed by atoms with E-state index in [4.69, 9.17) is 9.26 Å². The second-order valence-corrected chi connectivity index (χ2v) is 6.94. The molecule has 0 atom stereocenters. The second kappa shape index (κ2) is 8.73. The molecule has 1 aromatic carbocycles. The number of carbonyl (C=O) groups is 1. The van der Waals surface area contributed by atoms with Crippen molar-refractivity contribution in [1.82, 2.24) is 15.5 Å². The average Bonchev–Trinajstić information content (AvgIpc) is 3.02. The van der Waals surface area contributed by atoms with Gasteiger partial charge in [0.15, 0.2) is 0 Å². The molecule has 0 aliphatic rings. The van der Waals surface area contributed by atoms with Gasteiger partial charge in [-0.05, 0) is 43.7 Å². The summed E-state index contributed by atoms with van der Waals surface area (Å²) in [5, 5.41) is 7.59. The zero-order valence-electron chi connectivity index (χ0n) is 15.5. The molecule has 0 radical (unpaired) electrons. The van der Waals surface area contributed by atoms with Gasteiger partial charge in [0.2, 0.25) is 0 Å². The molecule has 0 saturated heterocycles. The number of methoxy groups -OCH3 is 1. The van der Waals surface area contributed by atoms with Crippen LogP contribution in [0.5, 0.6) is 5.75 Å². The smallest absolute Gasteiger partial charge is 0.254 e. The lowest BCUT2D eigenvalue weighted by atomic mass is 10.2. The van der Waals surface area contributed by atoms with Crippen molar-refractivity contribution in [2.75, 3.05) is 7.11 Å². The van der Waals surface area contributed by atoms with Gasteiger partial charge in [-0.3, -0.25) is 4.79 Å². The Morgan fingerprint density at radius 1 is 1.22 bits per heavy atom. The fraction of sp³-hybridized carbons (Fsp3) is 0.250. The van der Waals surface area contributed by atoms with Crippen LogP contribution in [0.4, 0.5) is 0 Å². The van der Waals surface area contributed by atoms with E-state index in [0.29, 0.717) is 22.9 Å². The maximum atomic E-state index is 12.6. The summed E-state index contributed by atoms with van der Waals surface area (Å²) < 4.78 is 10.3. The molecule has 2 aromatic heterocycles. The highest BCUT2D eigenvalue weighted by molar-refractivity contribution is 7.98. The van der Waals surface area contributed by atoms with E-state index in [0.717, 1.165) is 28.3 Å². The van der Waals surface area contributed by atoms with Gasteiger partial charge in [-0.15, -0.1) is 11.8 Å². The minimum atomic E-state index is -0.153. The third-order valence-corrected chi connectivity index (χ3v) is 5.19. The molecule has 3 rings (SSSR count). The van der Waals surface area contributed by atoms with E-state index in [1.54, 1.807) is 25.4 Å². The summed E-state index contributed by atoms with van der Waals surface area (Å²) in [5.74, 6) is 2.08. The molecule has 27 heavy (non-hydrogen) atoms. The van der Waals surface area contributed by atoms with Crippen molar-refractivity contribution < 1.29 is 14.1 Å². The molecule has 0 spiro atoms. The molecule has 1 amide bonds. The maximum Gasteiger partial charge on any atom is 0.254 e. The van der Waals surface area contributed by atoms with E-state index in [1.165, 1.54) is 11.8 Å². The van der Waals surface area contributed by atoms with Crippen molar-refractivity contribution in [3.05, 3.63) is 70.7 Å². The Kier molecular flexibility index (Phi) is 6.13. The predicted molar refractivity (Wildman–Crippen MR) is 104 cm³/mol. The van der Waals surface area contributed by atoms with E-state index < -0.39 is 0 Å². The molecule has 140 valence electrons. The first-order valence-corrected chi connectivity index (χ1v) is 9.47. The highest BCUT2D eigenvalue weighted by Crippen LogP contribution is 2.27. The number of benzene rings is 1. The Bertz CT molecular complexity index is 903. The molecule has 0 unspecified atom stereocenters. The molecule has 2 heterocycles. The SMILES string of the molecule is COc1ccc(CNC(=O)c2cccnc2SCc2c(C)noc2C)cc1. The van der Waals surface area contributed by atoms with E-state index in [1.807, 2.05) is 38.1 Å². The van der Waals surface area contributed by atoms with Crippen molar-refractivity contribution in [1.29, 1.82) is 0 Å². The summed E-state index contributed by atoms with van der Waals surface area (Å²) in [6.45, 7) is 4.23. The Balaban J connectivity index is 1.66. The normalized spacial score (nSPS) is 10.6. The number of thioether (sulfide) groups is 1. The van der Waals surface area contributed by atoms with Crippen LogP contribution < -0.4 is 10.1 Å². The number of hydrogen-bond acceptors (Lipinski definition) is 6. The first kappa shape index (κ1) is 19.0. The minimum Gasteiger partial charge on any atom is -0.497 e. The van der Waals surface area contributed by atoms with Crippen molar-refractivity contribution in [2.24, 2.45) is 0 Å². The summed E-state index contributed by atoms with van der Waals surface area (Å²) in [6, 6.07) is 11.1. The number of nitrogens with zero attached hydrogens (tertiary/aromatic N) is 2. The molecular weight excluding hydrogens is 362 g/mol. The number of nitrogens with one attached hydrogen (secondary N) is 1. The van der Waals surface area contributed by atoms with E-state index in [9.17, 15) is 4.79 Å². The van der Waals surface area contributed by atoms with Crippen LogP contribution >= 0.6 is 11.8 Å². The highest BCUT2D eigenvalue weighted by Gasteiger charge is 2.15. The van der Waals surface area contributed by atoms with E-state index in [-0.39, 0.29) is 5.91 Å². The lowest BCUT2D eigenvalue weighted by Gasteiger charge is -2.09. The van der Waals surface area contributed by atoms with Gasteiger partial charge in [-0.2, -0.15) is 0 Å². The fourth-order valence-corrected chi connectivity index (χ4v) is 3.69. The summed E-state index contributed by atoms with van der Waals surface area (Å²) in [7, 11) is 1.63. The Morgan fingerprint density at radius 2 is 2.00 bits per heavy atom. The highest BCUT2D eigenvalue weighted by atomic mass is 32.2. The summed E-state index contributed by atoms with van der Waals surface area (Å²) in [6.07, 6.45) is 1.69. The molecule has 7 heteroatoms. The number of pyridine rings is 1. The molecular formula is C20H21N3O3S. The van der Waals surface area contributed by atoms with Crippen LogP contribution in [0.3, 0.4) is 0 Å². The van der Waals surface area contributed by atoms with E-state index >= 15 is 0 Å². The van der Waals surface area contributed by atoms with Crippen LogP contribution in [0.2, 0.25) is 0 Å². The van der Waals surface area contributed by atoms with Crippen molar-refractivity contribution in [3.8, 4) is 5.75 Å². The molecule has 3 aromatic rings. The number of aryl methyl sites for hydroxylation is 2. The van der Waals surface area contributed by atoms with Gasteiger partial charge < -0.3 is 14.6 Å². The lowest BCUT2D eigenvalue weighted by molar-refractivity contribution is 0.0947. The van der Waals surface area contributed by atoms with Crippen LogP contribution in [0.15, 0.2) is 52.1 Å². The van der Waals surface area contributed by atoms with Gasteiger partial charge in [-0.25, -0.2) is 4.98 Å². The summed E-state index contributed by atoms with van der Waals surface area (Å²) >= 11 is 1.50. The zero-order valence-corrected chi connectivity index (χ0v) is 16.3. The van der Waals surface area contributed by atoms with Crippen molar-refractivity contribution in [2.45, 2.75) is 31.2 Å². The second-order valence-electron chi connectivity index (χ2n) is 5.98. The summed E-state index contributed by atoms with van der Waals surface area (Å²) in [4.78, 5) is 17.0. The molecule has 0 aliphatic carbocycles. The Morgan fingerprint density at radius 3 is 2.67 bits per heavy atom. The number of rotatable bonds is 7. The third-order valence-electron chi connectivity index (χ3n) is 4.16.